The molecule has 0 heterocycles. The number of rotatable bonds is 5. The Labute approximate surface area is 207 Å². The number of alkyl halides is 2. The fourth-order valence-electron chi connectivity index (χ4n) is 8.06. The number of ketones is 2. The third-order valence-electron chi connectivity index (χ3n) is 9.67. The molecule has 0 amide bonds. The fourth-order valence-corrected chi connectivity index (χ4v) is 9.29. The zero-order valence-corrected chi connectivity index (χ0v) is 21.9. The summed E-state index contributed by atoms with van der Waals surface area (Å²) in [6, 6.07) is 0. The van der Waals surface area contributed by atoms with Gasteiger partial charge in [-0.3, -0.25) is 14.4 Å². The highest BCUT2D eigenvalue weighted by molar-refractivity contribution is 6.34. The van der Waals surface area contributed by atoms with Gasteiger partial charge >= 0.3 is 5.97 Å². The highest BCUT2D eigenvalue weighted by Crippen LogP contribution is 2.72. The summed E-state index contributed by atoms with van der Waals surface area (Å²) < 4.78 is 6.19. The van der Waals surface area contributed by atoms with E-state index in [2.05, 4.69) is 13.8 Å². The van der Waals surface area contributed by atoms with Crippen LogP contribution in [0.3, 0.4) is 0 Å². The molecule has 0 N–H and O–H groups in total. The van der Waals surface area contributed by atoms with Crippen LogP contribution in [-0.4, -0.2) is 33.4 Å². The lowest BCUT2D eigenvalue weighted by atomic mass is 9.46. The number of carbonyl (C=O) groups excluding carboxylic acids is 3. The predicted molar refractivity (Wildman–Crippen MR) is 130 cm³/mol. The van der Waals surface area contributed by atoms with Crippen LogP contribution in [-0.2, 0) is 19.1 Å². The summed E-state index contributed by atoms with van der Waals surface area (Å²) in [5, 5.41) is -0.449. The van der Waals surface area contributed by atoms with Crippen molar-refractivity contribution in [2.24, 2.45) is 28.6 Å². The minimum absolute atomic E-state index is 0.00274. The van der Waals surface area contributed by atoms with E-state index >= 15 is 0 Å². The highest BCUT2D eigenvalue weighted by Gasteiger charge is 2.75. The van der Waals surface area contributed by atoms with Crippen molar-refractivity contribution < 1.29 is 19.1 Å². The summed E-state index contributed by atoms with van der Waals surface area (Å²) in [6.07, 6.45) is 10.1. The molecule has 0 aromatic heterocycles. The Morgan fingerprint density at radius 3 is 2.58 bits per heavy atom. The third kappa shape index (κ3) is 3.19. The van der Waals surface area contributed by atoms with Crippen LogP contribution in [0.15, 0.2) is 23.8 Å². The molecule has 0 aromatic rings. The van der Waals surface area contributed by atoms with Crippen LogP contribution in [0.2, 0.25) is 0 Å². The molecule has 182 valence electrons. The molecular formula is C27H36Cl2O4. The maximum absolute atomic E-state index is 13.3. The van der Waals surface area contributed by atoms with Gasteiger partial charge < -0.3 is 4.74 Å². The van der Waals surface area contributed by atoms with Crippen molar-refractivity contribution in [1.29, 1.82) is 0 Å². The van der Waals surface area contributed by atoms with Crippen molar-refractivity contribution in [3.8, 4) is 0 Å². The summed E-state index contributed by atoms with van der Waals surface area (Å²) in [5.74, 6) is -0.389. The molecule has 8 atom stereocenters. The molecule has 4 aliphatic rings. The van der Waals surface area contributed by atoms with E-state index in [1.807, 2.05) is 19.9 Å². The van der Waals surface area contributed by atoms with E-state index in [0.717, 1.165) is 37.7 Å². The van der Waals surface area contributed by atoms with Gasteiger partial charge in [0.15, 0.2) is 17.2 Å². The van der Waals surface area contributed by atoms with Crippen LogP contribution >= 0.6 is 23.2 Å². The average molecular weight is 495 g/mol. The molecule has 0 radical (unpaired) electrons. The van der Waals surface area contributed by atoms with Crippen LogP contribution in [0.4, 0.5) is 0 Å². The molecule has 4 rings (SSSR count). The molecule has 0 aliphatic heterocycles. The standard InChI is InChI=1S/C27H36Cl2O4/c1-6-7-8-23(32)33-27(17(3)30)16(2)13-21-20-10-9-18-14-19(31)11-12-24(18,4)26(20,29)22(28)15-25(21,27)5/h11-12,14,16,20-22H,6-10,13,15H2,1-5H3/t16-,20+,21+,22+,24+,25+,26+,27-/m1/s1. The van der Waals surface area contributed by atoms with Crippen molar-refractivity contribution in [3.63, 3.8) is 0 Å². The number of esters is 1. The number of fused-ring (bicyclic) bond motifs is 5. The Balaban J connectivity index is 1.78. The van der Waals surface area contributed by atoms with Crippen molar-refractivity contribution in [1.82, 2.24) is 0 Å². The lowest BCUT2D eigenvalue weighted by Gasteiger charge is -2.64. The number of Topliss-reactive ketones (excluding diaryl/α,β-unsaturated/α-hetero) is 1. The second-order valence-corrected chi connectivity index (χ2v) is 12.4. The first kappa shape index (κ1) is 25.0. The summed E-state index contributed by atoms with van der Waals surface area (Å²) in [6.45, 7) is 9.81. The molecule has 0 unspecified atom stereocenters. The maximum atomic E-state index is 13.3. The number of ether oxygens (including phenoxy) is 1. The lowest BCUT2D eigenvalue weighted by Crippen LogP contribution is -2.68. The van der Waals surface area contributed by atoms with Gasteiger partial charge in [-0.1, -0.05) is 45.8 Å². The molecule has 0 saturated heterocycles. The number of unbranched alkanes of at least 4 members (excludes halogenated alkanes) is 1. The van der Waals surface area contributed by atoms with Crippen LogP contribution in [0.1, 0.15) is 79.6 Å². The van der Waals surface area contributed by atoms with E-state index < -0.39 is 26.7 Å². The Morgan fingerprint density at radius 2 is 1.94 bits per heavy atom. The van der Waals surface area contributed by atoms with E-state index in [-0.39, 0.29) is 35.3 Å². The van der Waals surface area contributed by atoms with E-state index in [0.29, 0.717) is 12.8 Å². The maximum Gasteiger partial charge on any atom is 0.306 e. The minimum atomic E-state index is -1.19. The number of hydrogen-bond acceptors (Lipinski definition) is 4. The van der Waals surface area contributed by atoms with Crippen LogP contribution in [0, 0.1) is 28.6 Å². The SMILES string of the molecule is CCCCC(=O)O[C@@]1(C(C)=O)[C@H](C)C[C@H]2[C@@H]3CCC4=CC(=O)C=C[C@]4(C)[C@@]3(Cl)[C@@H](Cl)C[C@@]21C. The molecule has 3 fully saturated rings. The molecule has 6 heteroatoms. The average Bonchev–Trinajstić information content (AvgIpc) is 2.96. The first-order valence-electron chi connectivity index (χ1n) is 12.4. The Morgan fingerprint density at radius 1 is 1.24 bits per heavy atom. The van der Waals surface area contributed by atoms with Gasteiger partial charge in [-0.25, -0.2) is 0 Å². The first-order valence-corrected chi connectivity index (χ1v) is 13.2. The van der Waals surface area contributed by atoms with E-state index in [4.69, 9.17) is 27.9 Å². The highest BCUT2D eigenvalue weighted by atomic mass is 35.5. The zero-order valence-electron chi connectivity index (χ0n) is 20.4. The van der Waals surface area contributed by atoms with Crippen molar-refractivity contribution in [2.75, 3.05) is 0 Å². The fraction of sp³-hybridized carbons (Fsp3) is 0.741. The minimum Gasteiger partial charge on any atom is -0.450 e. The van der Waals surface area contributed by atoms with Gasteiger partial charge in [0.05, 0.1) is 10.3 Å². The van der Waals surface area contributed by atoms with Gasteiger partial charge in [0.2, 0.25) is 0 Å². The molecular weight excluding hydrogens is 459 g/mol. The van der Waals surface area contributed by atoms with Gasteiger partial charge in [0.25, 0.3) is 0 Å². The van der Waals surface area contributed by atoms with Crippen molar-refractivity contribution >= 4 is 40.7 Å². The molecule has 0 spiro atoms. The predicted octanol–water partition coefficient (Wildman–Crippen LogP) is 6.18. The largest absolute Gasteiger partial charge is 0.450 e. The van der Waals surface area contributed by atoms with E-state index in [1.165, 1.54) is 0 Å². The second-order valence-electron chi connectivity index (χ2n) is 11.2. The molecule has 3 saturated carbocycles. The Hall–Kier alpha value is -1.13. The van der Waals surface area contributed by atoms with Gasteiger partial charge in [-0.15, -0.1) is 23.2 Å². The Kier molecular flexibility index (Phi) is 6.22. The van der Waals surface area contributed by atoms with Gasteiger partial charge in [0.1, 0.15) is 0 Å². The summed E-state index contributed by atoms with van der Waals surface area (Å²) in [4.78, 5) is 37.5. The molecule has 0 aromatic carbocycles. The Bertz CT molecular complexity index is 940. The third-order valence-corrected chi connectivity index (χ3v) is 11.2. The van der Waals surface area contributed by atoms with Crippen molar-refractivity contribution in [3.05, 3.63) is 23.8 Å². The van der Waals surface area contributed by atoms with Gasteiger partial charge in [-0.05, 0) is 63.0 Å². The monoisotopic (exact) mass is 494 g/mol. The molecule has 4 nitrogen and oxygen atoms in total. The van der Waals surface area contributed by atoms with Crippen LogP contribution in [0.25, 0.3) is 0 Å². The summed E-state index contributed by atoms with van der Waals surface area (Å²) in [5.41, 5.74) is -1.27. The lowest BCUT2D eigenvalue weighted by molar-refractivity contribution is -0.192. The van der Waals surface area contributed by atoms with Crippen LogP contribution < -0.4 is 0 Å². The molecule has 0 bridgehead atoms. The zero-order chi connectivity index (χ0) is 24.4. The van der Waals surface area contributed by atoms with Crippen LogP contribution in [0.5, 0.6) is 0 Å². The smallest absolute Gasteiger partial charge is 0.306 e. The van der Waals surface area contributed by atoms with E-state index in [9.17, 15) is 14.4 Å². The summed E-state index contributed by atoms with van der Waals surface area (Å²) in [7, 11) is 0. The van der Waals surface area contributed by atoms with Gasteiger partial charge in [-0.2, -0.15) is 0 Å². The first-order chi connectivity index (χ1) is 15.4. The number of hydrogen-bond donors (Lipinski definition) is 0. The molecule has 4 aliphatic carbocycles. The second kappa shape index (κ2) is 8.22. The van der Waals surface area contributed by atoms with E-state index in [1.54, 1.807) is 19.1 Å². The molecule has 33 heavy (non-hydrogen) atoms. The van der Waals surface area contributed by atoms with Gasteiger partial charge in [0, 0.05) is 23.2 Å². The summed E-state index contributed by atoms with van der Waals surface area (Å²) >= 11 is 14.8. The van der Waals surface area contributed by atoms with Crippen molar-refractivity contribution in [2.45, 2.75) is 95.4 Å². The normalized spacial score (nSPS) is 46.2. The number of allylic oxidation sites excluding steroid dienone is 4. The topological polar surface area (TPSA) is 60.4 Å². The number of halogens is 2. The quantitative estimate of drug-likeness (QED) is 0.338. The number of carbonyl (C=O) groups is 3.